The van der Waals surface area contributed by atoms with Gasteiger partial charge in [-0.1, -0.05) is 6.07 Å². The van der Waals surface area contributed by atoms with Gasteiger partial charge in [0, 0.05) is 32.8 Å². The van der Waals surface area contributed by atoms with Crippen molar-refractivity contribution in [2.75, 3.05) is 20.1 Å². The molecule has 0 atom stereocenters. The highest BCUT2D eigenvalue weighted by Crippen LogP contribution is 2.41. The van der Waals surface area contributed by atoms with Crippen molar-refractivity contribution in [3.8, 4) is 0 Å². The number of carbonyl (C=O) groups is 2. The lowest BCUT2D eigenvalue weighted by Crippen LogP contribution is -2.44. The highest BCUT2D eigenvalue weighted by Gasteiger charge is 2.40. The highest BCUT2D eigenvalue weighted by atomic mass is 19.4. The Bertz CT molecular complexity index is 940. The topological polar surface area (TPSA) is 113 Å². The second kappa shape index (κ2) is 9.63. The molecule has 1 spiro atoms. The van der Waals surface area contributed by atoms with Crippen molar-refractivity contribution in [1.29, 1.82) is 0 Å². The lowest BCUT2D eigenvalue weighted by atomic mass is 9.73. The summed E-state index contributed by atoms with van der Waals surface area (Å²) < 4.78 is 33.8. The highest BCUT2D eigenvalue weighted by molar-refractivity contribution is 5.90. The van der Waals surface area contributed by atoms with Gasteiger partial charge in [-0.25, -0.2) is 4.79 Å². The molecule has 4 heterocycles. The number of pyridine rings is 1. The Morgan fingerprint density at radius 2 is 1.88 bits per heavy atom. The number of nitrogens with zero attached hydrogens (tertiary/aromatic N) is 5. The first-order valence-corrected chi connectivity index (χ1v) is 10.2. The molecule has 12 heteroatoms. The summed E-state index contributed by atoms with van der Waals surface area (Å²) in [6.45, 7) is 3.92. The largest absolute Gasteiger partial charge is 0.490 e. The molecule has 4 rings (SSSR count). The fraction of sp³-hybridized carbons (Fsp3) is 0.550. The molecule has 2 aromatic heterocycles. The normalized spacial score (nSPS) is 17.8. The van der Waals surface area contributed by atoms with Gasteiger partial charge < -0.3 is 15.0 Å². The number of piperidine rings is 1. The van der Waals surface area contributed by atoms with Gasteiger partial charge in [-0.2, -0.15) is 13.2 Å². The fourth-order valence-electron chi connectivity index (χ4n) is 4.07. The van der Waals surface area contributed by atoms with Crippen LogP contribution in [0.3, 0.4) is 0 Å². The number of carboxylic acids is 1. The zero-order valence-electron chi connectivity index (χ0n) is 17.6. The van der Waals surface area contributed by atoms with Crippen molar-refractivity contribution in [2.24, 2.45) is 5.41 Å². The summed E-state index contributed by atoms with van der Waals surface area (Å²) in [7, 11) is 1.64. The van der Waals surface area contributed by atoms with Gasteiger partial charge in [0.15, 0.2) is 0 Å². The van der Waals surface area contributed by atoms with Crippen molar-refractivity contribution in [2.45, 2.75) is 44.9 Å². The first kappa shape index (κ1) is 23.6. The number of likely N-dealkylation sites (tertiary alicyclic amines) is 1. The molecule has 0 saturated carbocycles. The van der Waals surface area contributed by atoms with E-state index >= 15 is 0 Å². The minimum absolute atomic E-state index is 0.150. The van der Waals surface area contributed by atoms with E-state index in [0.717, 1.165) is 63.4 Å². The molecule has 1 amide bonds. The van der Waals surface area contributed by atoms with Gasteiger partial charge in [-0.05, 0) is 49.9 Å². The van der Waals surface area contributed by atoms with E-state index in [4.69, 9.17) is 9.90 Å². The monoisotopic (exact) mass is 454 g/mol. The van der Waals surface area contributed by atoms with Crippen molar-refractivity contribution in [3.05, 3.63) is 41.7 Å². The third-order valence-electron chi connectivity index (χ3n) is 5.90. The van der Waals surface area contributed by atoms with Crippen LogP contribution in [-0.2, 0) is 24.3 Å². The van der Waals surface area contributed by atoms with Gasteiger partial charge in [0.2, 0.25) is 5.82 Å². The molecular formula is C20H25F3N6O3. The van der Waals surface area contributed by atoms with Crippen LogP contribution >= 0.6 is 0 Å². The molecule has 1 saturated heterocycles. The third kappa shape index (κ3) is 5.61. The lowest BCUT2D eigenvalue weighted by molar-refractivity contribution is -0.192. The molecule has 174 valence electrons. The number of fused-ring (bicyclic) bond motifs is 1. The van der Waals surface area contributed by atoms with E-state index in [2.05, 4.69) is 31.5 Å². The lowest BCUT2D eigenvalue weighted by Gasteiger charge is -2.44. The van der Waals surface area contributed by atoms with Crippen LogP contribution in [0.15, 0.2) is 24.4 Å². The van der Waals surface area contributed by atoms with Gasteiger partial charge in [0.05, 0.1) is 5.69 Å². The predicted octanol–water partition coefficient (Wildman–Crippen LogP) is 1.89. The molecule has 9 nitrogen and oxygen atoms in total. The average molecular weight is 454 g/mol. The number of alkyl halides is 3. The maximum atomic E-state index is 12.0. The van der Waals surface area contributed by atoms with Gasteiger partial charge >= 0.3 is 12.1 Å². The first-order chi connectivity index (χ1) is 15.1. The minimum atomic E-state index is -5.08. The zero-order chi connectivity index (χ0) is 23.4. The number of carbonyl (C=O) groups excluding carboxylic acids is 1. The van der Waals surface area contributed by atoms with Crippen LogP contribution in [0.1, 0.15) is 41.4 Å². The quantitative estimate of drug-likeness (QED) is 0.728. The van der Waals surface area contributed by atoms with Crippen LogP contribution in [0, 0.1) is 5.41 Å². The molecule has 2 aliphatic heterocycles. The first-order valence-electron chi connectivity index (χ1n) is 10.2. The molecular weight excluding hydrogens is 429 g/mol. The van der Waals surface area contributed by atoms with Crippen LogP contribution in [0.5, 0.6) is 0 Å². The maximum Gasteiger partial charge on any atom is 0.490 e. The van der Waals surface area contributed by atoms with E-state index in [9.17, 15) is 18.0 Å². The van der Waals surface area contributed by atoms with E-state index < -0.39 is 12.1 Å². The molecule has 32 heavy (non-hydrogen) atoms. The zero-order valence-corrected chi connectivity index (χ0v) is 17.6. The minimum Gasteiger partial charge on any atom is -0.475 e. The van der Waals surface area contributed by atoms with Gasteiger partial charge in [-0.3, -0.25) is 14.7 Å². The number of amides is 1. The summed E-state index contributed by atoms with van der Waals surface area (Å²) in [4.78, 5) is 27.8. The number of hydrogen-bond acceptors (Lipinski definition) is 6. The average Bonchev–Trinajstić information content (AvgIpc) is 3.18. The second-order valence-corrected chi connectivity index (χ2v) is 8.01. The van der Waals surface area contributed by atoms with Crippen LogP contribution in [0.2, 0.25) is 0 Å². The number of hydrogen-bond donors (Lipinski definition) is 2. The number of aryl methyl sites for hydroxylation is 1. The van der Waals surface area contributed by atoms with Crippen molar-refractivity contribution < 1.29 is 27.9 Å². The van der Waals surface area contributed by atoms with E-state index in [1.807, 2.05) is 22.9 Å². The van der Waals surface area contributed by atoms with E-state index in [0.29, 0.717) is 5.82 Å². The van der Waals surface area contributed by atoms with Crippen LogP contribution in [0.4, 0.5) is 13.2 Å². The summed E-state index contributed by atoms with van der Waals surface area (Å²) in [5.74, 6) is -1.51. The molecule has 0 aliphatic carbocycles. The number of aliphatic carboxylic acids is 1. The van der Waals surface area contributed by atoms with Gasteiger partial charge in [0.1, 0.15) is 5.82 Å². The molecule has 0 bridgehead atoms. The van der Waals surface area contributed by atoms with E-state index in [1.54, 1.807) is 7.05 Å². The van der Waals surface area contributed by atoms with Crippen molar-refractivity contribution in [3.63, 3.8) is 0 Å². The van der Waals surface area contributed by atoms with Crippen molar-refractivity contribution in [1.82, 2.24) is 30.0 Å². The standard InChI is InChI=1S/C18H24N6O.C2HF3O2/c1-19-17(25)16-22-21-15-5-6-18(13-24(15)16)7-10-23(11-8-18)12-14-4-2-3-9-20-14;3-2(4,5)1(6)7/h2-4,9H,5-8,10-13H2,1H3,(H,19,25);(H,6,7). The Kier molecular flexibility index (Phi) is 7.12. The van der Waals surface area contributed by atoms with E-state index in [1.165, 1.54) is 0 Å². The summed E-state index contributed by atoms with van der Waals surface area (Å²) >= 11 is 0. The third-order valence-corrected chi connectivity index (χ3v) is 5.90. The predicted molar refractivity (Wildman–Crippen MR) is 107 cm³/mol. The summed E-state index contributed by atoms with van der Waals surface area (Å²) in [6.07, 6.45) is 1.10. The summed E-state index contributed by atoms with van der Waals surface area (Å²) in [5, 5.41) is 18.1. The Morgan fingerprint density at radius 3 is 2.44 bits per heavy atom. The summed E-state index contributed by atoms with van der Waals surface area (Å²) in [6, 6.07) is 6.09. The second-order valence-electron chi connectivity index (χ2n) is 8.01. The Morgan fingerprint density at radius 1 is 1.19 bits per heavy atom. The number of rotatable bonds is 3. The molecule has 0 aromatic carbocycles. The fourth-order valence-corrected chi connectivity index (χ4v) is 4.07. The van der Waals surface area contributed by atoms with Crippen molar-refractivity contribution >= 4 is 11.9 Å². The Balaban J connectivity index is 0.000000360. The summed E-state index contributed by atoms with van der Waals surface area (Å²) in [5.41, 5.74) is 1.39. The number of nitrogens with one attached hydrogen (secondary N) is 1. The molecule has 2 aromatic rings. The Labute approximate surface area is 182 Å². The van der Waals surface area contributed by atoms with Crippen LogP contribution < -0.4 is 5.32 Å². The molecule has 1 fully saturated rings. The molecule has 0 unspecified atom stereocenters. The smallest absolute Gasteiger partial charge is 0.475 e. The number of aromatic nitrogens is 4. The van der Waals surface area contributed by atoms with Gasteiger partial charge in [-0.15, -0.1) is 10.2 Å². The Hall–Kier alpha value is -3.02. The molecule has 0 radical (unpaired) electrons. The van der Waals surface area contributed by atoms with Crippen LogP contribution in [0.25, 0.3) is 0 Å². The molecule has 2 N–H and O–H groups in total. The number of halogens is 3. The van der Waals surface area contributed by atoms with Crippen LogP contribution in [-0.4, -0.2) is 67.9 Å². The number of carboxylic acid groups (broad SMARTS) is 1. The SMILES string of the molecule is CNC(=O)c1nnc2n1CC1(CC2)CCN(Cc2ccccn2)CC1.O=C(O)C(F)(F)F. The maximum absolute atomic E-state index is 12.0. The van der Waals surface area contributed by atoms with Gasteiger partial charge in [0.25, 0.3) is 5.91 Å². The van der Waals surface area contributed by atoms with E-state index in [-0.39, 0.29) is 11.3 Å². The molecule has 2 aliphatic rings.